The van der Waals surface area contributed by atoms with Gasteiger partial charge in [-0.15, -0.1) is 0 Å². The number of halogens is 5. The highest BCUT2D eigenvalue weighted by atomic mass is 19.4. The molecule has 1 atom stereocenters. The van der Waals surface area contributed by atoms with Gasteiger partial charge in [0.25, 0.3) is 0 Å². The third-order valence-electron chi connectivity index (χ3n) is 4.63. The Morgan fingerprint density at radius 2 is 1.97 bits per heavy atom. The van der Waals surface area contributed by atoms with Crippen molar-refractivity contribution in [2.45, 2.75) is 32.0 Å². The van der Waals surface area contributed by atoms with Crippen LogP contribution in [0.4, 0.5) is 22.0 Å². The molecule has 3 rings (SSSR count). The van der Waals surface area contributed by atoms with E-state index >= 15 is 0 Å². The molecule has 29 heavy (non-hydrogen) atoms. The van der Waals surface area contributed by atoms with Crippen LogP contribution in [0.5, 0.6) is 5.88 Å². The first kappa shape index (κ1) is 21.2. The van der Waals surface area contributed by atoms with Crippen LogP contribution >= 0.6 is 0 Å². The van der Waals surface area contributed by atoms with Crippen LogP contribution in [0.3, 0.4) is 0 Å². The zero-order chi connectivity index (χ0) is 21.3. The van der Waals surface area contributed by atoms with Gasteiger partial charge in [0.1, 0.15) is 23.4 Å². The Balaban J connectivity index is 1.93. The Bertz CT molecular complexity index is 930. The lowest BCUT2D eigenvalue weighted by Gasteiger charge is -2.30. The summed E-state index contributed by atoms with van der Waals surface area (Å²) in [6.07, 6.45) is -4.12. The number of pyridine rings is 1. The van der Waals surface area contributed by atoms with E-state index in [4.69, 9.17) is 4.74 Å². The molecule has 1 aliphatic rings. The predicted molar refractivity (Wildman–Crippen MR) is 95.9 cm³/mol. The predicted octanol–water partition coefficient (Wildman–Crippen LogP) is 4.42. The van der Waals surface area contributed by atoms with Gasteiger partial charge in [0.05, 0.1) is 6.54 Å². The van der Waals surface area contributed by atoms with E-state index in [1.807, 2.05) is 0 Å². The maximum Gasteiger partial charge on any atom is 0.401 e. The van der Waals surface area contributed by atoms with E-state index in [0.717, 1.165) is 17.0 Å². The van der Waals surface area contributed by atoms with Crippen molar-refractivity contribution in [3.05, 3.63) is 47.2 Å². The lowest BCUT2D eigenvalue weighted by molar-refractivity contribution is -0.145. The van der Waals surface area contributed by atoms with Crippen molar-refractivity contribution in [1.29, 1.82) is 0 Å². The number of carbonyl (C=O) groups is 1. The highest BCUT2D eigenvalue weighted by Crippen LogP contribution is 2.37. The summed E-state index contributed by atoms with van der Waals surface area (Å²) < 4.78 is 71.1. The minimum Gasteiger partial charge on any atom is -0.473 e. The Morgan fingerprint density at radius 1 is 1.24 bits per heavy atom. The number of benzene rings is 1. The zero-order valence-corrected chi connectivity index (χ0v) is 15.8. The fourth-order valence-corrected chi connectivity index (χ4v) is 3.38. The number of ether oxygens (including phenoxy) is 1. The molecule has 0 saturated carbocycles. The highest BCUT2D eigenvalue weighted by Gasteiger charge is 2.32. The van der Waals surface area contributed by atoms with Crippen molar-refractivity contribution in [1.82, 2.24) is 9.88 Å². The molecule has 0 aliphatic carbocycles. The maximum absolute atomic E-state index is 14.3. The molecule has 1 aromatic heterocycles. The van der Waals surface area contributed by atoms with E-state index in [1.54, 1.807) is 0 Å². The van der Waals surface area contributed by atoms with Crippen molar-refractivity contribution in [3.63, 3.8) is 0 Å². The van der Waals surface area contributed by atoms with Gasteiger partial charge < -0.3 is 4.74 Å². The first-order chi connectivity index (χ1) is 13.5. The average Bonchev–Trinajstić information content (AvgIpc) is 2.59. The third-order valence-corrected chi connectivity index (χ3v) is 4.63. The maximum atomic E-state index is 14.3. The van der Waals surface area contributed by atoms with Gasteiger partial charge in [-0.25, -0.2) is 13.8 Å². The molecule has 156 valence electrons. The van der Waals surface area contributed by atoms with Crippen LogP contribution in [0, 0.1) is 11.6 Å². The molecule has 1 aliphatic heterocycles. The first-order valence-corrected chi connectivity index (χ1v) is 8.95. The van der Waals surface area contributed by atoms with Crippen molar-refractivity contribution in [2.75, 3.05) is 20.1 Å². The number of hydrogen-bond acceptors (Lipinski definition) is 4. The quantitative estimate of drug-likeness (QED) is 0.537. The van der Waals surface area contributed by atoms with Crippen LogP contribution in [0.25, 0.3) is 11.1 Å². The van der Waals surface area contributed by atoms with E-state index in [-0.39, 0.29) is 29.5 Å². The van der Waals surface area contributed by atoms with Gasteiger partial charge in [0.15, 0.2) is 5.78 Å². The second-order valence-corrected chi connectivity index (χ2v) is 7.11. The monoisotopic (exact) mass is 414 g/mol. The Labute approximate surface area is 164 Å². The summed E-state index contributed by atoms with van der Waals surface area (Å²) >= 11 is 0. The van der Waals surface area contributed by atoms with E-state index in [0.29, 0.717) is 24.0 Å². The molecule has 0 saturated heterocycles. The number of Topliss-reactive ketones (excluding diaryl/α,β-unsaturated/α-hetero) is 1. The summed E-state index contributed by atoms with van der Waals surface area (Å²) in [5.41, 5.74) is 1.03. The van der Waals surface area contributed by atoms with Gasteiger partial charge in [0.2, 0.25) is 5.88 Å². The normalized spacial score (nSPS) is 16.5. The molecule has 0 bridgehead atoms. The number of hydrogen-bond donors (Lipinski definition) is 0. The summed E-state index contributed by atoms with van der Waals surface area (Å²) in [5, 5.41) is 0. The van der Waals surface area contributed by atoms with E-state index < -0.39 is 30.5 Å². The molecule has 0 N–H and O–H groups in total. The van der Waals surface area contributed by atoms with Crippen LogP contribution in [-0.2, 0) is 6.42 Å². The fraction of sp³-hybridized carbons (Fsp3) is 0.400. The molecule has 0 fully saturated rings. The number of fused-ring (bicyclic) bond motifs is 1. The lowest BCUT2D eigenvalue weighted by atomic mass is 9.93. The smallest absolute Gasteiger partial charge is 0.401 e. The highest BCUT2D eigenvalue weighted by molar-refractivity contribution is 5.94. The van der Waals surface area contributed by atoms with Crippen molar-refractivity contribution < 1.29 is 31.5 Å². The SMILES string of the molecule is CC(=O)c1cc(-c2ccc(F)cc2F)c2c(n1)O[C@H](CN(C)CC(F)(F)F)CC2. The lowest BCUT2D eigenvalue weighted by Crippen LogP contribution is -2.40. The minimum atomic E-state index is -4.32. The standard InChI is InChI=1S/C20H19F5N2O2/c1-11(28)18-8-16(14-5-3-12(21)7-17(14)22)15-6-4-13(29-19(15)26-18)9-27(2)10-20(23,24)25/h3,5,7-8,13H,4,6,9-10H2,1-2H3/t13-/m0/s1. The van der Waals surface area contributed by atoms with Crippen LogP contribution < -0.4 is 4.74 Å². The minimum absolute atomic E-state index is 0.0190. The Kier molecular flexibility index (Phi) is 5.88. The molecule has 9 heteroatoms. The van der Waals surface area contributed by atoms with Gasteiger partial charge in [-0.2, -0.15) is 13.2 Å². The van der Waals surface area contributed by atoms with Crippen molar-refractivity contribution in [3.8, 4) is 17.0 Å². The number of likely N-dealkylation sites (N-methyl/N-ethyl adjacent to an activating group) is 1. The van der Waals surface area contributed by atoms with Crippen molar-refractivity contribution >= 4 is 5.78 Å². The van der Waals surface area contributed by atoms with Gasteiger partial charge in [-0.1, -0.05) is 0 Å². The van der Waals surface area contributed by atoms with Crippen LogP contribution in [0.1, 0.15) is 29.4 Å². The zero-order valence-electron chi connectivity index (χ0n) is 15.8. The van der Waals surface area contributed by atoms with Crippen molar-refractivity contribution in [2.24, 2.45) is 0 Å². The van der Waals surface area contributed by atoms with E-state index in [9.17, 15) is 26.7 Å². The van der Waals surface area contributed by atoms with Gasteiger partial charge in [0, 0.05) is 30.7 Å². The summed E-state index contributed by atoms with van der Waals surface area (Å²) in [4.78, 5) is 17.1. The molecule has 0 radical (unpaired) electrons. The van der Waals surface area contributed by atoms with Crippen LogP contribution in [0.15, 0.2) is 24.3 Å². The molecule has 2 heterocycles. The molecule has 0 amide bonds. The molecular weight excluding hydrogens is 395 g/mol. The number of alkyl halides is 3. The number of aromatic nitrogens is 1. The Morgan fingerprint density at radius 3 is 2.59 bits per heavy atom. The largest absolute Gasteiger partial charge is 0.473 e. The molecule has 2 aromatic rings. The summed E-state index contributed by atoms with van der Waals surface area (Å²) in [6, 6.07) is 4.55. The van der Waals surface area contributed by atoms with Crippen LogP contribution in [0.2, 0.25) is 0 Å². The van der Waals surface area contributed by atoms with Gasteiger partial charge >= 0.3 is 6.18 Å². The second kappa shape index (κ2) is 8.06. The van der Waals surface area contributed by atoms with E-state index in [2.05, 4.69) is 4.98 Å². The molecule has 0 unspecified atom stereocenters. The number of ketones is 1. The number of rotatable bonds is 5. The molecule has 0 spiro atoms. The molecule has 4 nitrogen and oxygen atoms in total. The fourth-order valence-electron chi connectivity index (χ4n) is 3.38. The first-order valence-electron chi connectivity index (χ1n) is 8.95. The third kappa shape index (κ3) is 5.09. The summed E-state index contributed by atoms with van der Waals surface area (Å²) in [7, 11) is 1.34. The molecular formula is C20H19F5N2O2. The number of nitrogens with zero attached hydrogens (tertiary/aromatic N) is 2. The van der Waals surface area contributed by atoms with Gasteiger partial charge in [-0.3, -0.25) is 9.69 Å². The number of carbonyl (C=O) groups excluding carboxylic acids is 1. The van der Waals surface area contributed by atoms with Gasteiger partial charge in [-0.05, 0) is 43.7 Å². The van der Waals surface area contributed by atoms with E-state index in [1.165, 1.54) is 26.1 Å². The average molecular weight is 414 g/mol. The second-order valence-electron chi connectivity index (χ2n) is 7.11. The molecule has 1 aromatic carbocycles. The summed E-state index contributed by atoms with van der Waals surface area (Å²) in [6.45, 7) is 0.231. The summed E-state index contributed by atoms with van der Waals surface area (Å²) in [5.74, 6) is -1.81. The van der Waals surface area contributed by atoms with Crippen LogP contribution in [-0.4, -0.2) is 48.1 Å². The topological polar surface area (TPSA) is 42.4 Å². The Hall–Kier alpha value is -2.55.